The predicted octanol–water partition coefficient (Wildman–Crippen LogP) is 6.10. The third kappa shape index (κ3) is 9.07. The van der Waals surface area contributed by atoms with Crippen LogP contribution in [-0.2, 0) is 23.4 Å². The zero-order valence-electron chi connectivity index (χ0n) is 26.7. The van der Waals surface area contributed by atoms with Gasteiger partial charge in [0, 0.05) is 49.7 Å². The number of ether oxygens (including phenoxy) is 1. The number of aliphatic hydroxyl groups is 1. The Morgan fingerprint density at radius 2 is 1.83 bits per heavy atom. The highest BCUT2D eigenvalue weighted by Gasteiger charge is 2.36. The number of methoxy groups -OCH3 is 1. The molecule has 0 saturated carbocycles. The second-order valence-corrected chi connectivity index (χ2v) is 13.6. The van der Waals surface area contributed by atoms with Crippen LogP contribution in [0.2, 0.25) is 0 Å². The van der Waals surface area contributed by atoms with Crippen LogP contribution in [0, 0.1) is 5.41 Å². The molecule has 4 N–H and O–H groups in total. The summed E-state index contributed by atoms with van der Waals surface area (Å²) >= 11 is 0. The van der Waals surface area contributed by atoms with E-state index < -0.39 is 36.7 Å². The largest absolute Gasteiger partial charge is 0.495 e. The summed E-state index contributed by atoms with van der Waals surface area (Å²) < 4.78 is 61.6. The summed E-state index contributed by atoms with van der Waals surface area (Å²) in [6, 6.07) is 8.10. The van der Waals surface area contributed by atoms with E-state index in [1.54, 1.807) is 41.3 Å². The Morgan fingerprint density at radius 1 is 1.09 bits per heavy atom. The first kappa shape index (κ1) is 35.4. The number of carbonyl (C=O) groups is 1. The van der Waals surface area contributed by atoms with E-state index in [9.17, 15) is 27.6 Å². The molecule has 4 aromatic rings. The van der Waals surface area contributed by atoms with Crippen LogP contribution in [0.1, 0.15) is 48.8 Å². The fourth-order valence-electron chi connectivity index (χ4n) is 4.62. The highest BCUT2D eigenvalue weighted by molar-refractivity contribution is 7.43. The number of pyridine rings is 1. The zero-order chi connectivity index (χ0) is 34.4. The summed E-state index contributed by atoms with van der Waals surface area (Å²) in [5, 5.41) is 21.9. The molecule has 16 heteroatoms. The number of nitrogens with one attached hydrogen (secondary N) is 3. The van der Waals surface area contributed by atoms with E-state index in [0.29, 0.717) is 47.8 Å². The number of anilines is 4. The van der Waals surface area contributed by atoms with Gasteiger partial charge in [0.05, 0.1) is 38.2 Å². The Bertz CT molecular complexity index is 1750. The minimum Gasteiger partial charge on any atom is -0.495 e. The van der Waals surface area contributed by atoms with Crippen LogP contribution in [0.3, 0.4) is 0 Å². The molecule has 0 aliphatic carbocycles. The Labute approximate surface area is 271 Å². The smallest absolute Gasteiger partial charge is 0.421 e. The van der Waals surface area contributed by atoms with Crippen LogP contribution in [0.15, 0.2) is 48.9 Å². The maximum Gasteiger partial charge on any atom is 0.421 e. The molecule has 0 spiro atoms. The van der Waals surface area contributed by atoms with Crippen molar-refractivity contribution in [1.29, 1.82) is 0 Å². The summed E-state index contributed by atoms with van der Waals surface area (Å²) in [5.41, 5.74) is 0.333. The van der Waals surface area contributed by atoms with Crippen LogP contribution < -0.4 is 20.7 Å². The van der Waals surface area contributed by atoms with Crippen molar-refractivity contribution in [2.24, 2.45) is 5.41 Å². The van der Waals surface area contributed by atoms with E-state index in [1.165, 1.54) is 20.2 Å². The first-order chi connectivity index (χ1) is 22.3. The first-order valence-electron chi connectivity index (χ1n) is 14.8. The molecule has 0 aliphatic heterocycles. The number of halogens is 3. The SMILES string of the molecule is CCC[PH](=O)Cc1ccc(Nc2ncc(C(F)(F)F)c(Nc3ccc(-c4cnn(CC(C)(C)CO)c4)nc3C(=O)NC)n2)c(OC)c1. The number of benzene rings is 1. The number of aromatic nitrogens is 5. The van der Waals surface area contributed by atoms with Gasteiger partial charge in [0.1, 0.15) is 17.1 Å². The molecular formula is C31H38F3N8O4P. The molecule has 1 unspecified atom stereocenters. The molecule has 4 rings (SSSR count). The molecule has 12 nitrogen and oxygen atoms in total. The fraction of sp³-hybridized carbons (Fsp3) is 0.387. The zero-order valence-corrected chi connectivity index (χ0v) is 27.7. The van der Waals surface area contributed by atoms with Crippen molar-refractivity contribution in [3.8, 4) is 17.0 Å². The van der Waals surface area contributed by atoms with E-state index >= 15 is 0 Å². The molecule has 0 aliphatic rings. The average Bonchev–Trinajstić information content (AvgIpc) is 3.49. The highest BCUT2D eigenvalue weighted by Crippen LogP contribution is 2.37. The molecular weight excluding hydrogens is 636 g/mol. The third-order valence-electron chi connectivity index (χ3n) is 7.07. The van der Waals surface area contributed by atoms with Crippen molar-refractivity contribution in [1.82, 2.24) is 30.0 Å². The quantitative estimate of drug-likeness (QED) is 0.115. The van der Waals surface area contributed by atoms with Crippen LogP contribution in [0.25, 0.3) is 11.3 Å². The molecule has 3 heterocycles. The van der Waals surface area contributed by atoms with Gasteiger partial charge in [-0.3, -0.25) is 9.48 Å². The molecule has 0 bridgehead atoms. The van der Waals surface area contributed by atoms with Crippen molar-refractivity contribution in [2.45, 2.75) is 46.1 Å². The van der Waals surface area contributed by atoms with Crippen LogP contribution in [-0.4, -0.2) is 62.7 Å². The standard InChI is InChI=1S/C31H38F3N8O4P/c1-6-11-47(45)16-19-7-8-23(25(12-19)46-5)40-29-36-14-21(31(32,33)34)27(41-29)39-24-10-9-22(38-26(24)28(44)35-4)20-13-37-42(15-20)17-30(2,3)18-43/h7-10,12-15,43,47H,6,11,16-18H2,1-5H3,(H,35,44)(H2,36,39,40,41). The molecule has 1 amide bonds. The number of alkyl halides is 3. The topological polar surface area (TPSA) is 156 Å². The van der Waals surface area contributed by atoms with E-state index in [0.717, 1.165) is 12.0 Å². The van der Waals surface area contributed by atoms with E-state index in [-0.39, 0.29) is 23.9 Å². The van der Waals surface area contributed by atoms with Gasteiger partial charge >= 0.3 is 6.18 Å². The van der Waals surface area contributed by atoms with Gasteiger partial charge in [0.2, 0.25) is 5.95 Å². The fourth-order valence-corrected chi connectivity index (χ4v) is 6.03. The molecule has 47 heavy (non-hydrogen) atoms. The van der Waals surface area contributed by atoms with Gasteiger partial charge < -0.3 is 30.4 Å². The lowest BCUT2D eigenvalue weighted by Gasteiger charge is -2.20. The number of aliphatic hydroxyl groups excluding tert-OH is 1. The monoisotopic (exact) mass is 674 g/mol. The minimum absolute atomic E-state index is 0.0266. The first-order valence-corrected chi connectivity index (χ1v) is 16.6. The third-order valence-corrected chi connectivity index (χ3v) is 8.93. The minimum atomic E-state index is -4.83. The van der Waals surface area contributed by atoms with Gasteiger partial charge in [0.15, 0.2) is 5.69 Å². The average molecular weight is 675 g/mol. The summed E-state index contributed by atoms with van der Waals surface area (Å²) in [4.78, 5) is 25.3. The van der Waals surface area contributed by atoms with Crippen molar-refractivity contribution < 1.29 is 32.4 Å². The van der Waals surface area contributed by atoms with Gasteiger partial charge in [-0.25, -0.2) is 9.97 Å². The lowest BCUT2D eigenvalue weighted by atomic mass is 9.95. The number of rotatable bonds is 14. The van der Waals surface area contributed by atoms with Crippen molar-refractivity contribution in [3.63, 3.8) is 0 Å². The lowest BCUT2D eigenvalue weighted by molar-refractivity contribution is -0.137. The van der Waals surface area contributed by atoms with Crippen molar-refractivity contribution in [3.05, 3.63) is 65.7 Å². The van der Waals surface area contributed by atoms with Gasteiger partial charge in [-0.05, 0) is 42.4 Å². The Kier molecular flexibility index (Phi) is 11.2. The number of hydrogen-bond donors (Lipinski definition) is 4. The molecule has 1 aromatic carbocycles. The van der Waals surface area contributed by atoms with Gasteiger partial charge in [-0.2, -0.15) is 23.3 Å². The van der Waals surface area contributed by atoms with E-state index in [4.69, 9.17) is 4.74 Å². The van der Waals surface area contributed by atoms with Crippen molar-refractivity contribution in [2.75, 3.05) is 37.6 Å². The summed E-state index contributed by atoms with van der Waals surface area (Å²) in [7, 11) is 1.03. The molecule has 252 valence electrons. The van der Waals surface area contributed by atoms with Gasteiger partial charge in [-0.1, -0.05) is 26.8 Å². The number of amides is 1. The molecule has 3 aromatic heterocycles. The number of carbonyl (C=O) groups excluding carboxylic acids is 1. The van der Waals surface area contributed by atoms with Crippen LogP contribution >= 0.6 is 7.80 Å². The predicted molar refractivity (Wildman–Crippen MR) is 174 cm³/mol. The summed E-state index contributed by atoms with van der Waals surface area (Å²) in [6.45, 7) is 6.10. The van der Waals surface area contributed by atoms with Crippen molar-refractivity contribution >= 4 is 36.8 Å². The Hall–Kier alpha value is -4.49. The normalized spacial score (nSPS) is 12.4. The summed E-state index contributed by atoms with van der Waals surface area (Å²) in [5.74, 6) is -1.05. The number of hydrogen-bond acceptors (Lipinski definition) is 10. The Balaban J connectivity index is 1.67. The summed E-state index contributed by atoms with van der Waals surface area (Å²) in [6.07, 6.45) is 0.926. The second kappa shape index (κ2) is 14.9. The molecule has 0 saturated heterocycles. The van der Waals surface area contributed by atoms with Crippen LogP contribution in [0.5, 0.6) is 5.75 Å². The second-order valence-electron chi connectivity index (χ2n) is 11.6. The van der Waals surface area contributed by atoms with E-state index in [2.05, 4.69) is 36.0 Å². The molecule has 1 atom stereocenters. The lowest BCUT2D eigenvalue weighted by Crippen LogP contribution is -2.23. The highest BCUT2D eigenvalue weighted by atomic mass is 31.1. The van der Waals surface area contributed by atoms with Gasteiger partial charge in [-0.15, -0.1) is 0 Å². The molecule has 0 radical (unpaired) electrons. The van der Waals surface area contributed by atoms with Crippen LogP contribution in [0.4, 0.5) is 36.3 Å². The maximum absolute atomic E-state index is 14.1. The maximum atomic E-state index is 14.1. The van der Waals surface area contributed by atoms with E-state index in [1.807, 2.05) is 20.8 Å². The Morgan fingerprint density at radius 3 is 2.49 bits per heavy atom. The number of nitrogens with zero attached hydrogens (tertiary/aromatic N) is 5. The molecule has 0 fully saturated rings. The van der Waals surface area contributed by atoms with Gasteiger partial charge in [0.25, 0.3) is 5.91 Å².